The maximum absolute atomic E-state index is 12.8. The first-order valence-corrected chi connectivity index (χ1v) is 14.2. The fraction of sp³-hybridized carbons (Fsp3) is 0.615. The Morgan fingerprint density at radius 3 is 2.35 bits per heavy atom. The quantitative estimate of drug-likeness (QED) is 0.494. The van der Waals surface area contributed by atoms with E-state index in [1.165, 1.54) is 25.7 Å². The lowest BCUT2D eigenvalue weighted by Crippen LogP contribution is -2.40. The van der Waals surface area contributed by atoms with Gasteiger partial charge in [-0.05, 0) is 87.5 Å². The minimum absolute atomic E-state index is 0.0886. The molecule has 1 aromatic carbocycles. The Hall–Kier alpha value is -2.66. The molecule has 3 saturated carbocycles. The van der Waals surface area contributed by atoms with Gasteiger partial charge in [-0.1, -0.05) is 5.21 Å². The van der Waals surface area contributed by atoms with Gasteiger partial charge in [-0.2, -0.15) is 0 Å². The standard InChI is InChI=1S/C26H34N4O5.S2/c1-29(24(17-6-7-17)18-8-9-18)26(33)34-15-22-23(27-28-30(22)2)16-10-12-20(13-11-16)35-21-5-3-4-19(14-21)25(31)32;1-2/h10-13,17-19,21,24H,3-9,14-15H2,1-2H3,(H,31,32);/t19-,21-;/m0./s1. The van der Waals surface area contributed by atoms with E-state index in [0.717, 1.165) is 24.1 Å². The molecule has 0 saturated heterocycles. The SMILES string of the molecule is CN(C(=O)OCc1c(-c2ccc(O[C@H]3CCC[C@H](C(=O)O)C3)cc2)nnn1C)C(C1CC1)C1CC1.S=S. The number of carbonyl (C=O) groups is 2. The molecular weight excluding hydrogens is 512 g/mol. The van der Waals surface area contributed by atoms with Crippen LogP contribution in [-0.4, -0.2) is 56.3 Å². The zero-order chi connectivity index (χ0) is 26.5. The van der Waals surface area contributed by atoms with Crippen LogP contribution in [0.5, 0.6) is 5.75 Å². The average Bonchev–Trinajstić information content (AvgIpc) is 3.85. The third-order valence-electron chi connectivity index (χ3n) is 7.63. The summed E-state index contributed by atoms with van der Waals surface area (Å²) in [5.74, 6) is 0.873. The molecule has 1 heterocycles. The van der Waals surface area contributed by atoms with Crippen molar-refractivity contribution in [3.8, 4) is 17.0 Å². The van der Waals surface area contributed by atoms with Gasteiger partial charge in [0, 0.05) is 48.1 Å². The molecule has 37 heavy (non-hydrogen) atoms. The van der Waals surface area contributed by atoms with E-state index in [1.807, 2.05) is 31.3 Å². The molecule has 2 aromatic rings. The molecule has 3 aliphatic rings. The van der Waals surface area contributed by atoms with E-state index in [0.29, 0.717) is 42.2 Å². The normalized spacial score (nSPS) is 21.1. The van der Waals surface area contributed by atoms with Crippen molar-refractivity contribution in [3.63, 3.8) is 0 Å². The van der Waals surface area contributed by atoms with E-state index in [9.17, 15) is 14.7 Å². The summed E-state index contributed by atoms with van der Waals surface area (Å²) in [7, 11) is 3.65. The van der Waals surface area contributed by atoms with Gasteiger partial charge in [0.05, 0.1) is 12.0 Å². The van der Waals surface area contributed by atoms with Crippen LogP contribution in [0, 0.1) is 17.8 Å². The van der Waals surface area contributed by atoms with Gasteiger partial charge in [0.15, 0.2) is 0 Å². The first-order chi connectivity index (χ1) is 17.9. The highest BCUT2D eigenvalue weighted by Crippen LogP contribution is 2.47. The molecular formula is C26H34N4O5S2. The van der Waals surface area contributed by atoms with Crippen LogP contribution < -0.4 is 4.74 Å². The summed E-state index contributed by atoms with van der Waals surface area (Å²) < 4.78 is 13.4. The average molecular weight is 547 g/mol. The van der Waals surface area contributed by atoms with Crippen molar-refractivity contribution in [2.24, 2.45) is 24.8 Å². The maximum Gasteiger partial charge on any atom is 0.410 e. The van der Waals surface area contributed by atoms with Crippen molar-refractivity contribution in [2.45, 2.75) is 70.1 Å². The zero-order valence-corrected chi connectivity index (χ0v) is 22.9. The van der Waals surface area contributed by atoms with E-state index in [2.05, 4.69) is 32.7 Å². The maximum atomic E-state index is 12.8. The highest BCUT2D eigenvalue weighted by molar-refractivity contribution is 8.07. The van der Waals surface area contributed by atoms with Crippen LogP contribution in [0.25, 0.3) is 11.3 Å². The predicted octanol–water partition coefficient (Wildman–Crippen LogP) is 4.26. The smallest absolute Gasteiger partial charge is 0.410 e. The van der Waals surface area contributed by atoms with Gasteiger partial charge in [-0.25, -0.2) is 9.48 Å². The summed E-state index contributed by atoms with van der Waals surface area (Å²) in [5, 5.41) is 17.7. The topological polar surface area (TPSA) is 107 Å². The lowest BCUT2D eigenvalue weighted by atomic mass is 9.87. The number of carboxylic acid groups (broad SMARTS) is 1. The molecule has 3 aliphatic carbocycles. The summed E-state index contributed by atoms with van der Waals surface area (Å²) in [4.78, 5) is 25.9. The van der Waals surface area contributed by atoms with Crippen molar-refractivity contribution in [3.05, 3.63) is 30.0 Å². The zero-order valence-electron chi connectivity index (χ0n) is 21.2. The Balaban J connectivity index is 0.00000156. The Morgan fingerprint density at radius 2 is 1.76 bits per heavy atom. The van der Waals surface area contributed by atoms with Gasteiger partial charge in [-0.15, -0.1) is 5.10 Å². The van der Waals surface area contributed by atoms with Crippen molar-refractivity contribution >= 4 is 34.4 Å². The van der Waals surface area contributed by atoms with E-state index in [4.69, 9.17) is 9.47 Å². The summed E-state index contributed by atoms with van der Waals surface area (Å²) in [6, 6.07) is 7.85. The van der Waals surface area contributed by atoms with Crippen LogP contribution in [0.1, 0.15) is 57.1 Å². The Kier molecular flexibility index (Phi) is 9.07. The molecule has 1 aromatic heterocycles. The number of aryl methyl sites for hydroxylation is 1. The molecule has 0 aliphatic heterocycles. The molecule has 0 radical (unpaired) electrons. The Bertz CT molecular complexity index is 1080. The van der Waals surface area contributed by atoms with Crippen LogP contribution in [0.3, 0.4) is 0 Å². The molecule has 1 N–H and O–H groups in total. The van der Waals surface area contributed by atoms with Crippen LogP contribution in [-0.2, 0) is 45.6 Å². The largest absolute Gasteiger partial charge is 0.490 e. The van der Waals surface area contributed by atoms with Gasteiger partial charge in [0.25, 0.3) is 0 Å². The minimum Gasteiger partial charge on any atom is -0.490 e. The highest BCUT2D eigenvalue weighted by atomic mass is 32.8. The highest BCUT2D eigenvalue weighted by Gasteiger charge is 2.45. The number of hydrogen-bond donors (Lipinski definition) is 1. The summed E-state index contributed by atoms with van der Waals surface area (Å²) >= 11 is 7.33. The first-order valence-electron chi connectivity index (χ1n) is 12.9. The number of benzene rings is 1. The van der Waals surface area contributed by atoms with E-state index in [-0.39, 0.29) is 24.7 Å². The minimum atomic E-state index is -0.744. The number of ether oxygens (including phenoxy) is 2. The molecule has 2 atom stereocenters. The molecule has 9 nitrogen and oxygen atoms in total. The Morgan fingerprint density at radius 1 is 1.11 bits per heavy atom. The fourth-order valence-electron chi connectivity index (χ4n) is 5.37. The third kappa shape index (κ3) is 6.81. The number of aromatic nitrogens is 3. The summed E-state index contributed by atoms with van der Waals surface area (Å²) in [5.41, 5.74) is 2.25. The second-order valence-corrected chi connectivity index (χ2v) is 10.3. The second-order valence-electron chi connectivity index (χ2n) is 10.3. The molecule has 0 spiro atoms. The molecule has 0 bridgehead atoms. The van der Waals surface area contributed by atoms with E-state index < -0.39 is 5.97 Å². The van der Waals surface area contributed by atoms with Crippen LogP contribution in [0.2, 0.25) is 0 Å². The second kappa shape index (κ2) is 12.3. The molecule has 0 unspecified atom stereocenters. The van der Waals surface area contributed by atoms with E-state index >= 15 is 0 Å². The number of carbonyl (C=O) groups excluding carboxylic acids is 1. The monoisotopic (exact) mass is 546 g/mol. The van der Waals surface area contributed by atoms with E-state index in [1.54, 1.807) is 16.6 Å². The van der Waals surface area contributed by atoms with Gasteiger partial charge >= 0.3 is 12.1 Å². The Labute approximate surface area is 227 Å². The lowest BCUT2D eigenvalue weighted by Gasteiger charge is -2.27. The molecule has 3 fully saturated rings. The summed E-state index contributed by atoms with van der Waals surface area (Å²) in [6.45, 7) is 0.0982. The lowest BCUT2D eigenvalue weighted by molar-refractivity contribution is -0.143. The first kappa shape index (κ1) is 27.4. The van der Waals surface area contributed by atoms with Crippen molar-refractivity contribution in [1.82, 2.24) is 19.9 Å². The van der Waals surface area contributed by atoms with Gasteiger partial charge < -0.3 is 19.5 Å². The fourth-order valence-corrected chi connectivity index (χ4v) is 5.37. The van der Waals surface area contributed by atoms with Gasteiger partial charge in [0.1, 0.15) is 23.7 Å². The van der Waals surface area contributed by atoms with Crippen LogP contribution in [0.15, 0.2) is 24.3 Å². The van der Waals surface area contributed by atoms with Crippen LogP contribution >= 0.6 is 0 Å². The molecule has 1 amide bonds. The van der Waals surface area contributed by atoms with Crippen molar-refractivity contribution < 1.29 is 24.2 Å². The summed E-state index contributed by atoms with van der Waals surface area (Å²) in [6.07, 6.45) is 7.40. The van der Waals surface area contributed by atoms with Crippen LogP contribution in [0.4, 0.5) is 4.79 Å². The number of nitrogens with zero attached hydrogens (tertiary/aromatic N) is 4. The molecule has 200 valence electrons. The van der Waals surface area contributed by atoms with Crippen molar-refractivity contribution in [2.75, 3.05) is 7.05 Å². The number of rotatable bonds is 9. The predicted molar refractivity (Wildman–Crippen MR) is 142 cm³/mol. The number of hydrogen-bond acceptors (Lipinski definition) is 8. The molecule has 11 heteroatoms. The van der Waals surface area contributed by atoms with Crippen molar-refractivity contribution in [1.29, 1.82) is 0 Å². The van der Waals surface area contributed by atoms with Gasteiger partial charge in [-0.3, -0.25) is 4.79 Å². The number of amides is 1. The number of carboxylic acids is 1. The molecule has 5 rings (SSSR count). The third-order valence-corrected chi connectivity index (χ3v) is 7.63. The number of aliphatic carboxylic acids is 1. The van der Waals surface area contributed by atoms with Gasteiger partial charge in [0.2, 0.25) is 0 Å².